The molecular formula is C66H87FN12O8. The fourth-order valence-electron chi connectivity index (χ4n) is 10.8. The number of carbonyl (C=O) groups excluding carboxylic acids is 7. The number of halogens is 1. The maximum Gasteiger partial charge on any atom is 0.274 e. The molecule has 87 heavy (non-hydrogen) atoms. The lowest BCUT2D eigenvalue weighted by Crippen LogP contribution is -2.53. The first-order chi connectivity index (χ1) is 42.0. The van der Waals surface area contributed by atoms with Gasteiger partial charge in [0.2, 0.25) is 30.0 Å². The number of likely N-dealkylation sites (tertiary alicyclic amines) is 1. The minimum Gasteiger partial charge on any atom is -0.381 e. The Morgan fingerprint density at radius 3 is 2.09 bits per heavy atom. The van der Waals surface area contributed by atoms with E-state index in [9.17, 15) is 33.6 Å². The van der Waals surface area contributed by atoms with Gasteiger partial charge < -0.3 is 51.4 Å². The predicted octanol–water partition coefficient (Wildman–Crippen LogP) is 5.69. The first kappa shape index (κ1) is 67.9. The van der Waals surface area contributed by atoms with Crippen molar-refractivity contribution in [1.29, 1.82) is 5.41 Å². The SMILES string of the molecule is C/C=C/C(=O)N(C)CCNC=O.C=CC=C.CCc1cccc(-c2cnc(C(=O)N3CCN(CC4CCN(CC(=O)N5CCN(C(=O)c6cc(CC(=N)c7ccccc7C(N)=O)ccc6F)CC5)CC4)CC3)c(NC(=O)CNCC3CCOCC3)c2)c1. The summed E-state index contributed by atoms with van der Waals surface area (Å²) < 4.78 is 20.5. The maximum atomic E-state index is 15.0. The van der Waals surface area contributed by atoms with Crippen LogP contribution in [-0.4, -0.2) is 207 Å². The van der Waals surface area contributed by atoms with Crippen LogP contribution in [0.15, 0.2) is 116 Å². The second-order valence-corrected chi connectivity index (χ2v) is 22.1. The van der Waals surface area contributed by atoms with Crippen LogP contribution in [0.1, 0.15) is 87.4 Å². The Labute approximate surface area is 511 Å². The van der Waals surface area contributed by atoms with E-state index < -0.39 is 17.6 Å². The lowest BCUT2D eigenvalue weighted by atomic mass is 9.96. The Kier molecular flexibility index (Phi) is 27.6. The number of nitrogens with one attached hydrogen (secondary N) is 4. The van der Waals surface area contributed by atoms with Gasteiger partial charge in [0.15, 0.2) is 5.69 Å². The number of pyridine rings is 1. The number of benzene rings is 3. The molecule has 5 heterocycles. The molecule has 3 aromatic carbocycles. The molecular weight excluding hydrogens is 1110 g/mol. The molecule has 1 aromatic heterocycles. The van der Waals surface area contributed by atoms with E-state index in [0.717, 1.165) is 95.7 Å². The minimum atomic E-state index is -0.659. The van der Waals surface area contributed by atoms with Crippen LogP contribution >= 0.6 is 0 Å². The highest BCUT2D eigenvalue weighted by molar-refractivity contribution is 6.09. The van der Waals surface area contributed by atoms with Crippen LogP contribution in [-0.2, 0) is 36.8 Å². The molecule has 0 aliphatic carbocycles. The maximum absolute atomic E-state index is 15.0. The topological polar surface area (TPSA) is 247 Å². The molecule has 6 N–H and O–H groups in total. The van der Waals surface area contributed by atoms with Gasteiger partial charge in [-0.15, -0.1) is 0 Å². The van der Waals surface area contributed by atoms with Gasteiger partial charge in [0.05, 0.1) is 24.3 Å². The van der Waals surface area contributed by atoms with Crippen molar-refractivity contribution in [3.05, 3.63) is 156 Å². The molecule has 7 amide bonds. The molecule has 0 saturated carbocycles. The average Bonchev–Trinajstić information content (AvgIpc) is 2.89. The van der Waals surface area contributed by atoms with Gasteiger partial charge in [-0.2, -0.15) is 0 Å². The molecule has 466 valence electrons. The molecule has 0 atom stereocenters. The number of piperazine rings is 2. The Balaban J connectivity index is 0.000000665. The number of ether oxygens (including phenoxy) is 1. The van der Waals surface area contributed by atoms with Gasteiger partial charge in [0.25, 0.3) is 11.8 Å². The molecule has 4 fully saturated rings. The molecule has 4 aliphatic rings. The second-order valence-electron chi connectivity index (χ2n) is 22.1. The van der Waals surface area contributed by atoms with Crippen molar-refractivity contribution >= 4 is 53.3 Å². The summed E-state index contributed by atoms with van der Waals surface area (Å²) in [6, 6.07) is 20.9. The fourth-order valence-corrected chi connectivity index (χ4v) is 10.8. The smallest absolute Gasteiger partial charge is 0.274 e. The van der Waals surface area contributed by atoms with Crippen LogP contribution in [0, 0.1) is 23.1 Å². The van der Waals surface area contributed by atoms with Crippen molar-refractivity contribution in [1.82, 2.24) is 45.0 Å². The third-order valence-electron chi connectivity index (χ3n) is 15.9. The van der Waals surface area contributed by atoms with E-state index >= 15 is 4.39 Å². The number of aromatic nitrogens is 1. The van der Waals surface area contributed by atoms with Gasteiger partial charge in [0, 0.05) is 127 Å². The minimum absolute atomic E-state index is 0.0130. The average molecular weight is 1200 g/mol. The van der Waals surface area contributed by atoms with Gasteiger partial charge in [-0.25, -0.2) is 9.37 Å². The van der Waals surface area contributed by atoms with Crippen molar-refractivity contribution in [3.8, 4) is 11.1 Å². The number of carbonyl (C=O) groups is 7. The number of hydrogen-bond donors (Lipinski definition) is 5. The molecule has 0 unspecified atom stereocenters. The van der Waals surface area contributed by atoms with E-state index in [2.05, 4.69) is 62.9 Å². The van der Waals surface area contributed by atoms with Crippen LogP contribution in [0.25, 0.3) is 11.1 Å². The first-order valence-corrected chi connectivity index (χ1v) is 30.1. The number of nitrogens with two attached hydrogens (primary N) is 1. The molecule has 0 radical (unpaired) electrons. The summed E-state index contributed by atoms with van der Waals surface area (Å²) in [7, 11) is 1.69. The molecule has 4 aromatic rings. The van der Waals surface area contributed by atoms with Gasteiger partial charge in [0.1, 0.15) is 5.82 Å². The Morgan fingerprint density at radius 1 is 0.770 bits per heavy atom. The molecule has 21 heteroatoms. The quantitative estimate of drug-likeness (QED) is 0.0198. The molecule has 0 spiro atoms. The van der Waals surface area contributed by atoms with Crippen molar-refractivity contribution in [2.24, 2.45) is 17.6 Å². The number of likely N-dealkylation sites (N-methyl/N-ethyl adjacent to an activating group) is 1. The van der Waals surface area contributed by atoms with E-state index in [0.29, 0.717) is 80.9 Å². The largest absolute Gasteiger partial charge is 0.381 e. The van der Waals surface area contributed by atoms with E-state index in [-0.39, 0.29) is 72.2 Å². The number of hydrogen-bond acceptors (Lipinski definition) is 13. The highest BCUT2D eigenvalue weighted by atomic mass is 19.1. The lowest BCUT2D eigenvalue weighted by Gasteiger charge is -2.39. The number of nitrogens with zero attached hydrogens (tertiary/aromatic N) is 7. The van der Waals surface area contributed by atoms with Crippen LogP contribution < -0.4 is 21.7 Å². The highest BCUT2D eigenvalue weighted by Crippen LogP contribution is 2.28. The first-order valence-electron chi connectivity index (χ1n) is 30.1. The van der Waals surface area contributed by atoms with Gasteiger partial charge in [-0.1, -0.05) is 86.8 Å². The third-order valence-corrected chi connectivity index (χ3v) is 15.9. The number of amides is 7. The zero-order chi connectivity index (χ0) is 62.7. The second kappa shape index (κ2) is 35.4. The molecule has 0 bridgehead atoms. The molecule has 4 saturated heterocycles. The van der Waals surface area contributed by atoms with Crippen molar-refractivity contribution in [2.75, 3.05) is 130 Å². The zero-order valence-electron chi connectivity index (χ0n) is 50.8. The summed E-state index contributed by atoms with van der Waals surface area (Å²) in [6.07, 6.45) is 13.6. The van der Waals surface area contributed by atoms with Gasteiger partial charge >= 0.3 is 0 Å². The lowest BCUT2D eigenvalue weighted by molar-refractivity contribution is -0.134. The molecule has 4 aliphatic heterocycles. The predicted molar refractivity (Wildman–Crippen MR) is 337 cm³/mol. The summed E-state index contributed by atoms with van der Waals surface area (Å²) >= 11 is 0. The van der Waals surface area contributed by atoms with Crippen molar-refractivity contribution in [2.45, 2.75) is 52.4 Å². The zero-order valence-corrected chi connectivity index (χ0v) is 50.8. The Hall–Kier alpha value is -8.24. The van der Waals surface area contributed by atoms with Gasteiger partial charge in [-0.05, 0) is 118 Å². The number of allylic oxidation sites excluding steroid dienone is 3. The molecule has 20 nitrogen and oxygen atoms in total. The standard InChI is InChI=1S/C54H67FN10O6.C8H14N2O2.C4H6/c1-2-37-6-5-7-41(28-37)42-31-48(60-49(66)34-58-32-38-14-26-71-27-15-38)51(59-33-42)54(70)65-20-18-62(19-21-65)35-39-12-16-61(17-13-39)36-50(67)63-22-24-64(25-23-63)53(69)45-29-40(10-11-46(45)55)30-47(56)43-8-3-4-9-44(43)52(57)68;1-3-4-8(12)10(2)6-5-9-7-11;1-3-4-2/h3-11,28-29,31,33,38-39,56,58H,2,12-27,30,32,34-36H2,1H3,(H2,57,68)(H,60,66);3-4,7H,5-6H2,1-2H3,(H,9,11);3-4H,1-2H2/b;4-3+;. The number of piperidine rings is 1. The van der Waals surface area contributed by atoms with Gasteiger partial charge in [-0.3, -0.25) is 43.4 Å². The van der Waals surface area contributed by atoms with Crippen LogP contribution in [0.2, 0.25) is 0 Å². The highest BCUT2D eigenvalue weighted by Gasteiger charge is 2.31. The summed E-state index contributed by atoms with van der Waals surface area (Å²) in [4.78, 5) is 103. The Bertz CT molecular complexity index is 3030. The normalized spacial score (nSPS) is 15.9. The van der Waals surface area contributed by atoms with Crippen LogP contribution in [0.4, 0.5) is 10.1 Å². The summed E-state index contributed by atoms with van der Waals surface area (Å²) in [6.45, 7) is 20.6. The van der Waals surface area contributed by atoms with E-state index in [1.165, 1.54) is 34.7 Å². The summed E-state index contributed by atoms with van der Waals surface area (Å²) in [5.74, 6) is -1.29. The monoisotopic (exact) mass is 1190 g/mol. The van der Waals surface area contributed by atoms with Crippen LogP contribution in [0.3, 0.4) is 0 Å². The summed E-state index contributed by atoms with van der Waals surface area (Å²) in [5.41, 5.74) is 10.3. The number of anilines is 1. The van der Waals surface area contributed by atoms with Crippen molar-refractivity contribution < 1.29 is 42.7 Å². The Morgan fingerprint density at radius 2 is 1.44 bits per heavy atom. The van der Waals surface area contributed by atoms with Crippen LogP contribution in [0.5, 0.6) is 0 Å². The number of aryl methyl sites for hydroxylation is 1. The van der Waals surface area contributed by atoms with E-state index in [1.807, 2.05) is 23.1 Å². The van der Waals surface area contributed by atoms with E-state index in [1.54, 1.807) is 72.5 Å². The number of primary amides is 1. The van der Waals surface area contributed by atoms with E-state index in [4.69, 9.17) is 15.9 Å². The third kappa shape index (κ3) is 21.0. The number of rotatable bonds is 23. The summed E-state index contributed by atoms with van der Waals surface area (Å²) in [5, 5.41) is 17.4. The van der Waals surface area contributed by atoms with Crippen molar-refractivity contribution in [3.63, 3.8) is 0 Å². The fraction of sp³-hybridized carbons (Fsp3) is 0.439. The molecule has 8 rings (SSSR count).